The number of benzene rings is 1. The third kappa shape index (κ3) is 4.10. The van der Waals surface area contributed by atoms with Crippen LogP contribution in [0.15, 0.2) is 36.7 Å². The predicted octanol–water partition coefficient (Wildman–Crippen LogP) is 4.78. The van der Waals surface area contributed by atoms with E-state index in [-0.39, 0.29) is 35.8 Å². The zero-order valence-electron chi connectivity index (χ0n) is 16.7. The molecule has 1 aromatic carbocycles. The molecule has 1 fully saturated rings. The Kier molecular flexibility index (Phi) is 5.61. The molecule has 3 aromatic rings. The summed E-state index contributed by atoms with van der Waals surface area (Å²) in [6, 6.07) is 6.11. The summed E-state index contributed by atoms with van der Waals surface area (Å²) in [6.45, 7) is 1.80. The van der Waals surface area contributed by atoms with E-state index in [1.54, 1.807) is 25.3 Å². The summed E-state index contributed by atoms with van der Waals surface area (Å²) in [5.74, 6) is -1.38. The minimum atomic E-state index is -0.707. The molecule has 4 rings (SSSR count). The van der Waals surface area contributed by atoms with Gasteiger partial charge in [0.15, 0.2) is 11.6 Å². The maximum absolute atomic E-state index is 14.7. The number of rotatable bonds is 6. The lowest BCUT2D eigenvalue weighted by Gasteiger charge is -2.12. The Bertz CT molecular complexity index is 1110. The third-order valence-corrected chi connectivity index (χ3v) is 5.75. The van der Waals surface area contributed by atoms with E-state index in [0.29, 0.717) is 34.9 Å². The van der Waals surface area contributed by atoms with Crippen LogP contribution in [-0.2, 0) is 4.79 Å². The number of halogens is 2. The van der Waals surface area contributed by atoms with Gasteiger partial charge in [-0.25, -0.2) is 13.8 Å². The normalized spacial score (nSPS) is 18.6. The number of hydrogen-bond donors (Lipinski definition) is 2. The van der Waals surface area contributed by atoms with E-state index in [0.717, 1.165) is 12.8 Å². The van der Waals surface area contributed by atoms with Gasteiger partial charge >= 0.3 is 0 Å². The standard InChI is InChI=1S/C23H23F2N3O2/c1-2-21(30)28-17-4-3-13(7-17)8-20(29)23-19(25)11-16(12-27-23)15-9-14-5-6-26-22(14)18(24)10-15/h5-6,9-13,17,26H,2-4,7-8H2,1H3,(H,28,30)/t13-,17+/m1/s1. The number of nitrogens with zero attached hydrogens (tertiary/aromatic N) is 1. The first-order valence-corrected chi connectivity index (χ1v) is 10.2. The molecule has 0 aliphatic heterocycles. The van der Waals surface area contributed by atoms with Gasteiger partial charge < -0.3 is 10.3 Å². The maximum Gasteiger partial charge on any atom is 0.219 e. The van der Waals surface area contributed by atoms with E-state index >= 15 is 0 Å². The Morgan fingerprint density at radius 1 is 1.17 bits per heavy atom. The molecule has 2 atom stereocenters. The van der Waals surface area contributed by atoms with Gasteiger partial charge in [0.1, 0.15) is 11.5 Å². The molecule has 1 aliphatic rings. The largest absolute Gasteiger partial charge is 0.359 e. The highest BCUT2D eigenvalue weighted by Crippen LogP contribution is 2.31. The highest BCUT2D eigenvalue weighted by Gasteiger charge is 2.28. The summed E-state index contributed by atoms with van der Waals surface area (Å²) in [5, 5.41) is 3.63. The van der Waals surface area contributed by atoms with Gasteiger partial charge in [-0.1, -0.05) is 6.92 Å². The van der Waals surface area contributed by atoms with Crippen LogP contribution in [0.5, 0.6) is 0 Å². The van der Waals surface area contributed by atoms with Crippen LogP contribution in [0.4, 0.5) is 8.78 Å². The van der Waals surface area contributed by atoms with Crippen molar-refractivity contribution in [1.82, 2.24) is 15.3 Å². The molecule has 7 heteroatoms. The highest BCUT2D eigenvalue weighted by molar-refractivity contribution is 5.95. The summed E-state index contributed by atoms with van der Waals surface area (Å²) < 4.78 is 28.9. The number of pyridine rings is 1. The van der Waals surface area contributed by atoms with E-state index in [1.807, 2.05) is 0 Å². The van der Waals surface area contributed by atoms with Crippen LogP contribution in [0.3, 0.4) is 0 Å². The number of carbonyl (C=O) groups is 2. The molecule has 1 saturated carbocycles. The summed E-state index contributed by atoms with van der Waals surface area (Å²) in [6.07, 6.45) is 6.03. The molecular weight excluding hydrogens is 388 g/mol. The van der Waals surface area contributed by atoms with Crippen LogP contribution in [0, 0.1) is 17.6 Å². The first kappa shape index (κ1) is 20.2. The molecule has 0 spiro atoms. The molecule has 5 nitrogen and oxygen atoms in total. The monoisotopic (exact) mass is 411 g/mol. The summed E-state index contributed by atoms with van der Waals surface area (Å²) >= 11 is 0. The zero-order valence-corrected chi connectivity index (χ0v) is 16.7. The Balaban J connectivity index is 1.46. The van der Waals surface area contributed by atoms with E-state index in [9.17, 15) is 18.4 Å². The number of ketones is 1. The van der Waals surface area contributed by atoms with E-state index < -0.39 is 11.6 Å². The molecule has 2 aromatic heterocycles. The number of amides is 1. The fourth-order valence-corrected chi connectivity index (χ4v) is 4.17. The molecule has 30 heavy (non-hydrogen) atoms. The second-order valence-corrected chi connectivity index (χ2v) is 7.88. The van der Waals surface area contributed by atoms with Gasteiger partial charge in [0, 0.05) is 42.2 Å². The Morgan fingerprint density at radius 2 is 1.97 bits per heavy atom. The Morgan fingerprint density at radius 3 is 2.73 bits per heavy atom. The summed E-state index contributed by atoms with van der Waals surface area (Å²) in [7, 11) is 0. The molecular formula is C23H23F2N3O2. The van der Waals surface area contributed by atoms with E-state index in [1.165, 1.54) is 18.3 Å². The van der Waals surface area contributed by atoms with Crippen molar-refractivity contribution in [2.75, 3.05) is 0 Å². The molecule has 0 radical (unpaired) electrons. The lowest BCUT2D eigenvalue weighted by molar-refractivity contribution is -0.121. The fraction of sp³-hybridized carbons (Fsp3) is 0.348. The molecule has 0 unspecified atom stereocenters. The molecule has 2 N–H and O–H groups in total. The topological polar surface area (TPSA) is 74.8 Å². The Labute approximate surface area is 172 Å². The van der Waals surface area contributed by atoms with Crippen LogP contribution in [0.1, 0.15) is 49.5 Å². The number of H-pyrrole nitrogens is 1. The number of Topliss-reactive ketones (excluding diaryl/α,β-unsaturated/α-hetero) is 1. The number of nitrogens with one attached hydrogen (secondary N) is 2. The van der Waals surface area contributed by atoms with Gasteiger partial charge in [0.25, 0.3) is 0 Å². The van der Waals surface area contributed by atoms with Gasteiger partial charge in [-0.05, 0) is 55.0 Å². The van der Waals surface area contributed by atoms with E-state index in [4.69, 9.17) is 0 Å². The lowest BCUT2D eigenvalue weighted by Crippen LogP contribution is -2.32. The molecule has 1 amide bonds. The molecule has 2 heterocycles. The number of hydrogen-bond acceptors (Lipinski definition) is 3. The molecule has 1 aliphatic carbocycles. The van der Waals surface area contributed by atoms with Gasteiger partial charge in [0.2, 0.25) is 5.91 Å². The SMILES string of the molecule is CCC(=O)N[C@H]1CC[C@@H](CC(=O)c2ncc(-c3cc(F)c4[nH]ccc4c3)cc2F)C1. The predicted molar refractivity (Wildman–Crippen MR) is 110 cm³/mol. The minimum Gasteiger partial charge on any atom is -0.359 e. The smallest absolute Gasteiger partial charge is 0.219 e. The van der Waals surface area contributed by atoms with Crippen LogP contribution in [-0.4, -0.2) is 27.7 Å². The molecule has 0 bridgehead atoms. The number of aromatic amines is 1. The first-order chi connectivity index (χ1) is 14.4. The van der Waals surface area contributed by atoms with Crippen molar-refractivity contribution in [3.05, 3.63) is 54.0 Å². The lowest BCUT2D eigenvalue weighted by atomic mass is 9.98. The molecule has 0 saturated heterocycles. The van der Waals surface area contributed by atoms with Gasteiger partial charge in [-0.15, -0.1) is 0 Å². The van der Waals surface area contributed by atoms with Gasteiger partial charge in [-0.2, -0.15) is 0 Å². The fourth-order valence-electron chi connectivity index (χ4n) is 4.17. The highest BCUT2D eigenvalue weighted by atomic mass is 19.1. The number of fused-ring (bicyclic) bond motifs is 1. The van der Waals surface area contributed by atoms with Crippen LogP contribution in [0.25, 0.3) is 22.0 Å². The third-order valence-electron chi connectivity index (χ3n) is 5.75. The average molecular weight is 411 g/mol. The van der Waals surface area contributed by atoms with Crippen molar-refractivity contribution in [2.45, 2.75) is 45.1 Å². The van der Waals surface area contributed by atoms with Crippen LogP contribution in [0.2, 0.25) is 0 Å². The van der Waals surface area contributed by atoms with Gasteiger partial charge in [0.05, 0.1) is 5.52 Å². The summed E-state index contributed by atoms with van der Waals surface area (Å²) in [5.41, 5.74) is 1.11. The van der Waals surface area contributed by atoms with Crippen molar-refractivity contribution >= 4 is 22.6 Å². The minimum absolute atomic E-state index is 0.00420. The average Bonchev–Trinajstić information content (AvgIpc) is 3.37. The second-order valence-electron chi connectivity index (χ2n) is 7.88. The first-order valence-electron chi connectivity index (χ1n) is 10.2. The van der Waals surface area contributed by atoms with E-state index in [2.05, 4.69) is 15.3 Å². The van der Waals surface area contributed by atoms with Gasteiger partial charge in [-0.3, -0.25) is 9.59 Å². The Hall–Kier alpha value is -3.09. The quantitative estimate of drug-likeness (QED) is 0.574. The number of carbonyl (C=O) groups excluding carboxylic acids is 2. The van der Waals surface area contributed by atoms with Crippen molar-refractivity contribution in [3.8, 4) is 11.1 Å². The van der Waals surface area contributed by atoms with Crippen molar-refractivity contribution in [1.29, 1.82) is 0 Å². The zero-order chi connectivity index (χ0) is 21.3. The van der Waals surface area contributed by atoms with Crippen LogP contribution >= 0.6 is 0 Å². The van der Waals surface area contributed by atoms with Crippen molar-refractivity contribution < 1.29 is 18.4 Å². The van der Waals surface area contributed by atoms with Crippen LogP contribution < -0.4 is 5.32 Å². The van der Waals surface area contributed by atoms with Crippen molar-refractivity contribution in [3.63, 3.8) is 0 Å². The molecule has 156 valence electrons. The summed E-state index contributed by atoms with van der Waals surface area (Å²) in [4.78, 5) is 31.0. The maximum atomic E-state index is 14.7. The number of aromatic nitrogens is 2. The van der Waals surface area contributed by atoms with Crippen molar-refractivity contribution in [2.24, 2.45) is 5.92 Å². The second kappa shape index (κ2) is 8.34.